The van der Waals surface area contributed by atoms with Crippen LogP contribution in [0.15, 0.2) is 18.2 Å². The van der Waals surface area contributed by atoms with Crippen molar-refractivity contribution < 1.29 is 37.0 Å². The number of halogens is 3. The zero-order valence-corrected chi connectivity index (χ0v) is 13.5. The van der Waals surface area contributed by atoms with Crippen molar-refractivity contribution in [2.75, 3.05) is 19.8 Å². The van der Waals surface area contributed by atoms with Gasteiger partial charge in [-0.15, -0.1) is 0 Å². The Labute approximate surface area is 141 Å². The number of rotatable bonds is 6. The van der Waals surface area contributed by atoms with Gasteiger partial charge in [0.15, 0.2) is 13.2 Å². The number of aryl methyl sites for hydroxylation is 1. The zero-order chi connectivity index (χ0) is 19.0. The SMILES string of the molecule is Cc1cccc(OCC(=O)OCC(=O)NC(=O)NCC(F)(F)F)c1C. The van der Waals surface area contributed by atoms with Gasteiger partial charge in [0.25, 0.3) is 5.91 Å². The molecule has 0 aromatic heterocycles. The van der Waals surface area contributed by atoms with Gasteiger partial charge in [-0.2, -0.15) is 13.2 Å². The maximum atomic E-state index is 11.9. The Morgan fingerprint density at radius 2 is 1.80 bits per heavy atom. The first-order valence-electron chi connectivity index (χ1n) is 7.07. The van der Waals surface area contributed by atoms with Crippen LogP contribution < -0.4 is 15.4 Å². The largest absolute Gasteiger partial charge is 0.482 e. The molecule has 7 nitrogen and oxygen atoms in total. The number of imide groups is 1. The van der Waals surface area contributed by atoms with Crippen LogP contribution >= 0.6 is 0 Å². The maximum absolute atomic E-state index is 11.9. The number of carbonyl (C=O) groups excluding carboxylic acids is 3. The fourth-order valence-electron chi connectivity index (χ4n) is 1.59. The number of hydrogen-bond acceptors (Lipinski definition) is 5. The molecule has 2 N–H and O–H groups in total. The first-order valence-corrected chi connectivity index (χ1v) is 7.07. The summed E-state index contributed by atoms with van der Waals surface area (Å²) in [7, 11) is 0. The predicted molar refractivity (Wildman–Crippen MR) is 80.0 cm³/mol. The van der Waals surface area contributed by atoms with Crippen LogP contribution in [0.2, 0.25) is 0 Å². The molecule has 138 valence electrons. The smallest absolute Gasteiger partial charge is 0.405 e. The Morgan fingerprint density at radius 1 is 1.12 bits per heavy atom. The lowest BCUT2D eigenvalue weighted by atomic mass is 10.1. The Balaban J connectivity index is 2.30. The first kappa shape index (κ1) is 20.3. The molecule has 0 saturated heterocycles. The molecule has 3 amide bonds. The fraction of sp³-hybridized carbons (Fsp3) is 0.400. The minimum absolute atomic E-state index is 0.460. The molecule has 0 bridgehead atoms. The summed E-state index contributed by atoms with van der Waals surface area (Å²) in [5.74, 6) is -1.46. The quantitative estimate of drug-likeness (QED) is 0.750. The minimum Gasteiger partial charge on any atom is -0.482 e. The highest BCUT2D eigenvalue weighted by Crippen LogP contribution is 2.20. The number of ether oxygens (including phenoxy) is 2. The molecule has 0 atom stereocenters. The van der Waals surface area contributed by atoms with Crippen LogP contribution in [0.4, 0.5) is 18.0 Å². The number of esters is 1. The van der Waals surface area contributed by atoms with E-state index >= 15 is 0 Å². The molecule has 0 unspecified atom stereocenters. The highest BCUT2D eigenvalue weighted by Gasteiger charge is 2.28. The van der Waals surface area contributed by atoms with Crippen molar-refractivity contribution in [3.63, 3.8) is 0 Å². The Bertz CT molecular complexity index is 647. The van der Waals surface area contributed by atoms with Gasteiger partial charge in [-0.3, -0.25) is 10.1 Å². The van der Waals surface area contributed by atoms with Crippen molar-refractivity contribution in [3.05, 3.63) is 29.3 Å². The van der Waals surface area contributed by atoms with E-state index in [1.165, 1.54) is 5.32 Å². The first-order chi connectivity index (χ1) is 11.6. The second-order valence-electron chi connectivity index (χ2n) is 4.99. The van der Waals surface area contributed by atoms with Crippen molar-refractivity contribution >= 4 is 17.9 Å². The molecule has 25 heavy (non-hydrogen) atoms. The molecule has 0 aliphatic carbocycles. The summed E-state index contributed by atoms with van der Waals surface area (Å²) < 4.78 is 45.4. The van der Waals surface area contributed by atoms with Crippen molar-refractivity contribution in [3.8, 4) is 5.75 Å². The minimum atomic E-state index is -4.60. The molecule has 0 saturated carbocycles. The molecule has 0 fully saturated rings. The highest BCUT2D eigenvalue weighted by molar-refractivity contribution is 5.95. The lowest BCUT2D eigenvalue weighted by molar-refractivity contribution is -0.150. The Morgan fingerprint density at radius 3 is 2.44 bits per heavy atom. The lowest BCUT2D eigenvalue weighted by Gasteiger charge is -2.11. The highest BCUT2D eigenvalue weighted by atomic mass is 19.4. The summed E-state index contributed by atoms with van der Waals surface area (Å²) in [6.45, 7) is 0.805. The van der Waals surface area contributed by atoms with E-state index in [4.69, 9.17) is 4.74 Å². The number of urea groups is 1. The van der Waals surface area contributed by atoms with E-state index in [2.05, 4.69) is 4.74 Å². The molecule has 0 aliphatic rings. The summed E-state index contributed by atoms with van der Waals surface area (Å²) in [5, 5.41) is 3.03. The second-order valence-corrected chi connectivity index (χ2v) is 4.99. The maximum Gasteiger partial charge on any atom is 0.405 e. The normalized spacial score (nSPS) is 10.8. The van der Waals surface area contributed by atoms with Crippen LogP contribution in [0.3, 0.4) is 0 Å². The Kier molecular flexibility index (Phi) is 7.22. The average Bonchev–Trinajstić information content (AvgIpc) is 2.52. The van der Waals surface area contributed by atoms with Crippen LogP contribution in [0, 0.1) is 13.8 Å². The molecular weight excluding hydrogens is 345 g/mol. The van der Waals surface area contributed by atoms with Crippen LogP contribution in [-0.4, -0.2) is 43.8 Å². The van der Waals surface area contributed by atoms with E-state index in [-0.39, 0.29) is 0 Å². The summed E-state index contributed by atoms with van der Waals surface area (Å²) in [6, 6.07) is 3.93. The van der Waals surface area contributed by atoms with Crippen molar-refractivity contribution in [1.29, 1.82) is 0 Å². The van der Waals surface area contributed by atoms with Gasteiger partial charge in [0.1, 0.15) is 12.3 Å². The van der Waals surface area contributed by atoms with Gasteiger partial charge in [-0.05, 0) is 31.0 Å². The van der Waals surface area contributed by atoms with Crippen molar-refractivity contribution in [2.45, 2.75) is 20.0 Å². The average molecular weight is 362 g/mol. The van der Waals surface area contributed by atoms with Gasteiger partial charge in [0.05, 0.1) is 0 Å². The number of alkyl halides is 3. The Hall–Kier alpha value is -2.78. The molecule has 1 aromatic carbocycles. The van der Waals surface area contributed by atoms with Gasteiger partial charge >= 0.3 is 18.2 Å². The third-order valence-corrected chi connectivity index (χ3v) is 2.97. The number of amides is 3. The molecular formula is C15H17F3N2O5. The standard InChI is InChI=1S/C15H17F3N2O5/c1-9-4-3-5-11(10(9)2)24-7-13(22)25-6-12(21)20-14(23)19-8-15(16,17)18/h3-5H,6-8H2,1-2H3,(H2,19,20,21,23). The molecule has 0 radical (unpaired) electrons. The van der Waals surface area contributed by atoms with E-state index in [1.807, 2.05) is 19.9 Å². The van der Waals surface area contributed by atoms with E-state index in [9.17, 15) is 27.6 Å². The van der Waals surface area contributed by atoms with E-state index in [0.717, 1.165) is 11.1 Å². The third-order valence-electron chi connectivity index (χ3n) is 2.97. The number of hydrogen-bond donors (Lipinski definition) is 2. The van der Waals surface area contributed by atoms with Gasteiger partial charge in [-0.1, -0.05) is 12.1 Å². The summed E-state index contributed by atoms with van der Waals surface area (Å²) in [5.41, 5.74) is 1.81. The summed E-state index contributed by atoms with van der Waals surface area (Å²) in [4.78, 5) is 33.8. The number of carbonyl (C=O) groups is 3. The van der Waals surface area contributed by atoms with Crippen LogP contribution in [0.25, 0.3) is 0 Å². The molecule has 1 rings (SSSR count). The van der Waals surface area contributed by atoms with Gasteiger partial charge in [0.2, 0.25) is 0 Å². The van der Waals surface area contributed by atoms with Gasteiger partial charge in [-0.25, -0.2) is 9.59 Å². The number of nitrogens with one attached hydrogen (secondary N) is 2. The lowest BCUT2D eigenvalue weighted by Crippen LogP contribution is -2.44. The summed E-state index contributed by atoms with van der Waals surface area (Å²) >= 11 is 0. The van der Waals surface area contributed by atoms with E-state index < -0.39 is 43.8 Å². The van der Waals surface area contributed by atoms with Gasteiger partial charge < -0.3 is 14.8 Å². The molecule has 0 aliphatic heterocycles. The third kappa shape index (κ3) is 8.04. The predicted octanol–water partition coefficient (Wildman–Crippen LogP) is 1.61. The zero-order valence-electron chi connectivity index (χ0n) is 13.5. The molecule has 1 aromatic rings. The van der Waals surface area contributed by atoms with Gasteiger partial charge in [0, 0.05) is 0 Å². The molecule has 10 heteroatoms. The topological polar surface area (TPSA) is 93.7 Å². The van der Waals surface area contributed by atoms with Crippen LogP contribution in [0.5, 0.6) is 5.75 Å². The fourth-order valence-corrected chi connectivity index (χ4v) is 1.59. The second kappa shape index (κ2) is 8.90. The monoisotopic (exact) mass is 362 g/mol. The molecule has 0 heterocycles. The van der Waals surface area contributed by atoms with Crippen LogP contribution in [-0.2, 0) is 14.3 Å². The van der Waals surface area contributed by atoms with Crippen molar-refractivity contribution in [1.82, 2.24) is 10.6 Å². The van der Waals surface area contributed by atoms with Crippen molar-refractivity contribution in [2.24, 2.45) is 0 Å². The number of benzene rings is 1. The van der Waals surface area contributed by atoms with E-state index in [1.54, 1.807) is 17.4 Å². The van der Waals surface area contributed by atoms with E-state index in [0.29, 0.717) is 5.75 Å². The van der Waals surface area contributed by atoms with Crippen LogP contribution in [0.1, 0.15) is 11.1 Å². The summed E-state index contributed by atoms with van der Waals surface area (Å²) in [6.07, 6.45) is -4.60. The molecule has 0 spiro atoms.